The van der Waals surface area contributed by atoms with Crippen LogP contribution in [0.25, 0.3) is 16.7 Å². The molecule has 0 radical (unpaired) electrons. The Balaban J connectivity index is 1.56. The van der Waals surface area contributed by atoms with E-state index < -0.39 is 0 Å². The van der Waals surface area contributed by atoms with Gasteiger partial charge in [0.2, 0.25) is 0 Å². The van der Waals surface area contributed by atoms with Crippen molar-refractivity contribution in [3.8, 4) is 5.69 Å². The topological polar surface area (TPSA) is 105 Å². The summed E-state index contributed by atoms with van der Waals surface area (Å²) in [5.41, 5.74) is 4.68. The normalized spacial score (nSPS) is 15.2. The van der Waals surface area contributed by atoms with Crippen LogP contribution in [0.3, 0.4) is 0 Å². The van der Waals surface area contributed by atoms with Gasteiger partial charge in [-0.3, -0.25) is 14.9 Å². The molecule has 0 bridgehead atoms. The third kappa shape index (κ3) is 3.67. The molecule has 164 valence electrons. The molecule has 0 amide bonds. The summed E-state index contributed by atoms with van der Waals surface area (Å²) in [6, 6.07) is 13.3. The predicted octanol–water partition coefficient (Wildman–Crippen LogP) is 2.15. The number of imidazole rings is 1. The van der Waals surface area contributed by atoms with Gasteiger partial charge in [-0.05, 0) is 38.2 Å². The summed E-state index contributed by atoms with van der Waals surface area (Å²) in [6.45, 7) is 5.48. The Kier molecular flexibility index (Phi) is 5.02. The van der Waals surface area contributed by atoms with Gasteiger partial charge in [-0.1, -0.05) is 18.2 Å². The van der Waals surface area contributed by atoms with Crippen molar-refractivity contribution in [2.45, 2.75) is 6.92 Å². The van der Waals surface area contributed by atoms with Crippen LogP contribution in [-0.2, 0) is 0 Å². The summed E-state index contributed by atoms with van der Waals surface area (Å²) >= 11 is 0. The molecular weight excluding hydrogens is 406 g/mol. The van der Waals surface area contributed by atoms with Crippen molar-refractivity contribution in [2.24, 2.45) is 4.99 Å². The lowest BCUT2D eigenvalue weighted by Crippen LogP contribution is -2.44. The number of fused-ring (bicyclic) bond motifs is 1. The maximum Gasteiger partial charge on any atom is 0.323 e. The molecule has 2 aromatic carbocycles. The summed E-state index contributed by atoms with van der Waals surface area (Å²) in [4.78, 5) is 39.7. The molecule has 1 aliphatic rings. The van der Waals surface area contributed by atoms with Crippen LogP contribution in [0.1, 0.15) is 11.3 Å². The monoisotopic (exact) mass is 431 g/mol. The van der Waals surface area contributed by atoms with Crippen LogP contribution < -0.4 is 16.1 Å². The van der Waals surface area contributed by atoms with E-state index in [1.165, 1.54) is 4.68 Å². The number of rotatable bonds is 4. The first-order chi connectivity index (χ1) is 15.5. The number of para-hydroxylation sites is 1. The van der Waals surface area contributed by atoms with Gasteiger partial charge in [-0.25, -0.2) is 9.48 Å². The lowest BCUT2D eigenvalue weighted by atomic mass is 10.2. The molecule has 0 atom stereocenters. The first-order valence-electron chi connectivity index (χ1n) is 10.6. The molecule has 5 rings (SSSR count). The van der Waals surface area contributed by atoms with Gasteiger partial charge in [0.15, 0.2) is 0 Å². The van der Waals surface area contributed by atoms with Crippen molar-refractivity contribution < 1.29 is 0 Å². The molecule has 0 saturated carbocycles. The van der Waals surface area contributed by atoms with Crippen LogP contribution in [0.15, 0.2) is 57.0 Å². The summed E-state index contributed by atoms with van der Waals surface area (Å²) in [6.07, 6.45) is 1.61. The zero-order chi connectivity index (χ0) is 22.2. The van der Waals surface area contributed by atoms with Gasteiger partial charge < -0.3 is 19.8 Å². The number of piperazine rings is 1. The van der Waals surface area contributed by atoms with Gasteiger partial charge in [0.1, 0.15) is 0 Å². The van der Waals surface area contributed by atoms with Crippen molar-refractivity contribution in [3.05, 3.63) is 74.6 Å². The molecule has 1 aliphatic heterocycles. The number of aryl methyl sites for hydroxylation is 1. The minimum Gasteiger partial charge on any atom is -0.367 e. The van der Waals surface area contributed by atoms with Crippen LogP contribution >= 0.6 is 0 Å². The fourth-order valence-electron chi connectivity index (χ4n) is 4.07. The van der Waals surface area contributed by atoms with Crippen LogP contribution in [0.5, 0.6) is 0 Å². The standard InChI is InChI=1S/C23H25N7O2/c1-15-17(22(31)30(27-15)16-6-4-3-5-7-16)14-24-20-12-18-19(26-23(32)25-18)13-21(20)29-10-8-28(2)9-11-29/h3-7,12-14,27H,8-11H2,1-2H3,(H2,25,26,32). The number of nitrogens with one attached hydrogen (secondary N) is 3. The zero-order valence-corrected chi connectivity index (χ0v) is 18.1. The number of H-pyrrole nitrogens is 3. The second kappa shape index (κ2) is 8.01. The zero-order valence-electron chi connectivity index (χ0n) is 18.1. The molecule has 32 heavy (non-hydrogen) atoms. The molecule has 2 aromatic heterocycles. The molecule has 3 heterocycles. The number of nitrogens with zero attached hydrogens (tertiary/aromatic N) is 4. The fraction of sp³-hybridized carbons (Fsp3) is 0.261. The lowest BCUT2D eigenvalue weighted by Gasteiger charge is -2.34. The van der Waals surface area contributed by atoms with E-state index in [1.807, 2.05) is 49.4 Å². The van der Waals surface area contributed by atoms with E-state index >= 15 is 0 Å². The summed E-state index contributed by atoms with van der Waals surface area (Å²) in [5.74, 6) is 0. The third-order valence-corrected chi connectivity index (χ3v) is 5.92. The van der Waals surface area contributed by atoms with Crippen LogP contribution in [-0.4, -0.2) is 64.1 Å². The Bertz CT molecular complexity index is 1400. The second-order valence-electron chi connectivity index (χ2n) is 8.14. The first kappa shape index (κ1) is 20.1. The van der Waals surface area contributed by atoms with Crippen molar-refractivity contribution in [2.75, 3.05) is 38.1 Å². The Hall–Kier alpha value is -3.85. The van der Waals surface area contributed by atoms with Crippen molar-refractivity contribution in [3.63, 3.8) is 0 Å². The quantitative estimate of drug-likeness (QED) is 0.431. The van der Waals surface area contributed by atoms with Crippen LogP contribution in [0.4, 0.5) is 11.4 Å². The molecule has 9 nitrogen and oxygen atoms in total. The Morgan fingerprint density at radius 3 is 2.38 bits per heavy atom. The number of hydrogen-bond donors (Lipinski definition) is 3. The molecule has 0 spiro atoms. The maximum atomic E-state index is 13.0. The molecule has 4 aromatic rings. The minimum atomic E-state index is -0.252. The predicted molar refractivity (Wildman–Crippen MR) is 127 cm³/mol. The van der Waals surface area contributed by atoms with Gasteiger partial charge in [0.25, 0.3) is 5.56 Å². The number of likely N-dealkylation sites (N-methyl/N-ethyl adjacent to an activating group) is 1. The molecule has 0 aliphatic carbocycles. The van der Waals surface area contributed by atoms with Crippen LogP contribution in [0, 0.1) is 6.92 Å². The molecule has 3 N–H and O–H groups in total. The van der Waals surface area contributed by atoms with Gasteiger partial charge in [0.05, 0.1) is 33.7 Å². The van der Waals surface area contributed by atoms with E-state index in [-0.39, 0.29) is 11.2 Å². The van der Waals surface area contributed by atoms with Gasteiger partial charge >= 0.3 is 5.69 Å². The van der Waals surface area contributed by atoms with Crippen molar-refractivity contribution >= 4 is 28.6 Å². The number of benzene rings is 2. The largest absolute Gasteiger partial charge is 0.367 e. The molecule has 1 fully saturated rings. The molecule has 9 heteroatoms. The Morgan fingerprint density at radius 2 is 1.66 bits per heavy atom. The smallest absolute Gasteiger partial charge is 0.323 e. The molecule has 1 saturated heterocycles. The van der Waals surface area contributed by atoms with Gasteiger partial charge in [-0.15, -0.1) is 0 Å². The van der Waals surface area contributed by atoms with Crippen LogP contribution in [0.2, 0.25) is 0 Å². The summed E-state index contributed by atoms with van der Waals surface area (Å²) < 4.78 is 1.52. The number of anilines is 1. The van der Waals surface area contributed by atoms with E-state index in [4.69, 9.17) is 4.99 Å². The number of aromatic amines is 3. The molecule has 0 unspecified atom stereocenters. The van der Waals surface area contributed by atoms with E-state index in [2.05, 4.69) is 31.9 Å². The number of aromatic nitrogens is 4. The van der Waals surface area contributed by atoms with E-state index in [1.54, 1.807) is 6.21 Å². The van der Waals surface area contributed by atoms with E-state index in [0.717, 1.165) is 48.8 Å². The summed E-state index contributed by atoms with van der Waals surface area (Å²) in [7, 11) is 2.11. The maximum absolute atomic E-state index is 13.0. The Labute approximate surface area is 184 Å². The van der Waals surface area contributed by atoms with E-state index in [0.29, 0.717) is 16.8 Å². The highest BCUT2D eigenvalue weighted by atomic mass is 16.1. The Morgan fingerprint density at radius 1 is 0.969 bits per heavy atom. The summed E-state index contributed by atoms with van der Waals surface area (Å²) in [5, 5.41) is 3.13. The lowest BCUT2D eigenvalue weighted by molar-refractivity contribution is 0.313. The fourth-order valence-corrected chi connectivity index (χ4v) is 4.07. The highest BCUT2D eigenvalue weighted by molar-refractivity contribution is 5.91. The average molecular weight is 432 g/mol. The highest BCUT2D eigenvalue weighted by Gasteiger charge is 2.19. The SMILES string of the molecule is Cc1[nH]n(-c2ccccc2)c(=O)c1C=Nc1cc2[nH]c(=O)[nH]c2cc1N1CCN(C)CC1. The average Bonchev–Trinajstić information content (AvgIpc) is 3.30. The minimum absolute atomic E-state index is 0.158. The van der Waals surface area contributed by atoms with Gasteiger partial charge in [-0.2, -0.15) is 0 Å². The first-order valence-corrected chi connectivity index (χ1v) is 10.6. The molecular formula is C23H25N7O2. The van der Waals surface area contributed by atoms with Gasteiger partial charge in [0, 0.05) is 38.1 Å². The second-order valence-corrected chi connectivity index (χ2v) is 8.14. The van der Waals surface area contributed by atoms with Crippen molar-refractivity contribution in [1.82, 2.24) is 24.6 Å². The third-order valence-electron chi connectivity index (χ3n) is 5.92. The van der Waals surface area contributed by atoms with Crippen molar-refractivity contribution in [1.29, 1.82) is 0 Å². The number of aliphatic imine (C=N–C) groups is 1. The highest BCUT2D eigenvalue weighted by Crippen LogP contribution is 2.32. The number of hydrogen-bond acceptors (Lipinski definition) is 5. The van der Waals surface area contributed by atoms with E-state index in [9.17, 15) is 9.59 Å².